The Morgan fingerprint density at radius 3 is 2.20 bits per heavy atom. The van der Waals surface area contributed by atoms with Gasteiger partial charge in [-0.25, -0.2) is 0 Å². The zero-order valence-corrected chi connectivity index (χ0v) is 16.1. The molecule has 134 valence electrons. The van der Waals surface area contributed by atoms with Crippen molar-refractivity contribution in [2.75, 3.05) is 11.9 Å². The minimum atomic E-state index is -1.74. The topological polar surface area (TPSA) is 50.4 Å². The second kappa shape index (κ2) is 8.65. The van der Waals surface area contributed by atoms with Crippen molar-refractivity contribution in [1.29, 1.82) is 0 Å². The Morgan fingerprint density at radius 1 is 1.08 bits per heavy atom. The molecule has 2 N–H and O–H groups in total. The molecule has 0 saturated carbocycles. The van der Waals surface area contributed by atoms with E-state index in [1.807, 2.05) is 26.0 Å². The molecule has 2 aromatic carbocycles. The van der Waals surface area contributed by atoms with Gasteiger partial charge in [-0.15, -0.1) is 0 Å². The number of benzene rings is 2. The standard InChI is InChI=1S/C18H19Cl3N2O2/c1-3-25-15-10-8-14(9-11-15)22-17(18(19,20)21)23-16(24)13-6-4-12(2)5-7-13/h4-11,17,22H,3H2,1-2H3,(H,23,24)/t17-/m0/s1. The van der Waals surface area contributed by atoms with Gasteiger partial charge in [0, 0.05) is 11.3 Å². The van der Waals surface area contributed by atoms with Gasteiger partial charge in [0.1, 0.15) is 11.9 Å². The van der Waals surface area contributed by atoms with Crippen LogP contribution in [0.15, 0.2) is 48.5 Å². The average Bonchev–Trinajstić information content (AvgIpc) is 2.56. The monoisotopic (exact) mass is 400 g/mol. The van der Waals surface area contributed by atoms with Gasteiger partial charge >= 0.3 is 0 Å². The maximum absolute atomic E-state index is 12.4. The molecule has 1 amide bonds. The largest absolute Gasteiger partial charge is 0.494 e. The number of hydrogen-bond donors (Lipinski definition) is 2. The Labute approximate surface area is 162 Å². The second-order valence-electron chi connectivity index (χ2n) is 5.42. The number of rotatable bonds is 6. The van der Waals surface area contributed by atoms with Crippen LogP contribution in [-0.4, -0.2) is 22.5 Å². The normalized spacial score (nSPS) is 12.4. The van der Waals surface area contributed by atoms with Crippen LogP contribution in [0.4, 0.5) is 5.69 Å². The summed E-state index contributed by atoms with van der Waals surface area (Å²) in [4.78, 5) is 12.4. The summed E-state index contributed by atoms with van der Waals surface area (Å²) in [5.74, 6) is 0.400. The number of amides is 1. The fourth-order valence-corrected chi connectivity index (χ4v) is 2.43. The van der Waals surface area contributed by atoms with E-state index in [1.165, 1.54) is 0 Å². The summed E-state index contributed by atoms with van der Waals surface area (Å²) < 4.78 is 3.65. The number of alkyl halides is 3. The Morgan fingerprint density at radius 2 is 1.68 bits per heavy atom. The molecule has 0 aliphatic rings. The zero-order valence-electron chi connectivity index (χ0n) is 13.9. The Kier molecular flexibility index (Phi) is 6.82. The third-order valence-corrected chi connectivity index (χ3v) is 4.05. The molecule has 4 nitrogen and oxygen atoms in total. The van der Waals surface area contributed by atoms with Gasteiger partial charge in [-0.1, -0.05) is 52.5 Å². The summed E-state index contributed by atoms with van der Waals surface area (Å²) in [6.45, 7) is 4.43. The lowest BCUT2D eigenvalue weighted by Crippen LogP contribution is -2.49. The molecule has 7 heteroatoms. The summed E-state index contributed by atoms with van der Waals surface area (Å²) in [5, 5.41) is 5.72. The lowest BCUT2D eigenvalue weighted by atomic mass is 10.1. The fourth-order valence-electron chi connectivity index (χ4n) is 2.10. The van der Waals surface area contributed by atoms with Crippen molar-refractivity contribution in [1.82, 2.24) is 5.32 Å². The highest BCUT2D eigenvalue weighted by atomic mass is 35.6. The predicted octanol–water partition coefficient (Wildman–Crippen LogP) is 4.93. The van der Waals surface area contributed by atoms with Crippen LogP contribution in [0.3, 0.4) is 0 Å². The Bertz CT molecular complexity index is 698. The third kappa shape index (κ3) is 5.99. The van der Waals surface area contributed by atoms with Crippen LogP contribution in [0, 0.1) is 6.92 Å². The average molecular weight is 402 g/mol. The quantitative estimate of drug-likeness (QED) is 0.533. The predicted molar refractivity (Wildman–Crippen MR) is 104 cm³/mol. The van der Waals surface area contributed by atoms with Crippen LogP contribution in [0.2, 0.25) is 0 Å². The summed E-state index contributed by atoms with van der Waals surface area (Å²) in [5.41, 5.74) is 2.23. The number of hydrogen-bond acceptors (Lipinski definition) is 3. The lowest BCUT2D eigenvalue weighted by molar-refractivity contribution is 0.0942. The molecule has 25 heavy (non-hydrogen) atoms. The molecule has 0 fully saturated rings. The molecule has 0 aromatic heterocycles. The Hall–Kier alpha value is -1.62. The van der Waals surface area contributed by atoms with Crippen LogP contribution < -0.4 is 15.4 Å². The molecule has 2 aromatic rings. The Balaban J connectivity index is 2.10. The van der Waals surface area contributed by atoms with Crippen LogP contribution in [-0.2, 0) is 0 Å². The van der Waals surface area contributed by atoms with E-state index in [-0.39, 0.29) is 5.91 Å². The minimum Gasteiger partial charge on any atom is -0.494 e. The molecule has 0 radical (unpaired) electrons. The van der Waals surface area contributed by atoms with Crippen molar-refractivity contribution in [3.05, 3.63) is 59.7 Å². The number of halogens is 3. The van der Waals surface area contributed by atoms with Crippen LogP contribution >= 0.6 is 34.8 Å². The smallest absolute Gasteiger partial charge is 0.252 e. The van der Waals surface area contributed by atoms with E-state index in [2.05, 4.69) is 10.6 Å². The van der Waals surface area contributed by atoms with E-state index in [0.29, 0.717) is 17.9 Å². The van der Waals surface area contributed by atoms with E-state index in [9.17, 15) is 4.79 Å². The van der Waals surface area contributed by atoms with Crippen LogP contribution in [0.5, 0.6) is 5.75 Å². The van der Waals surface area contributed by atoms with Crippen LogP contribution in [0.1, 0.15) is 22.8 Å². The summed E-state index contributed by atoms with van der Waals surface area (Å²) in [7, 11) is 0. The van der Waals surface area contributed by atoms with E-state index in [0.717, 1.165) is 11.3 Å². The van der Waals surface area contributed by atoms with Crippen molar-refractivity contribution in [2.24, 2.45) is 0 Å². The highest BCUT2D eigenvalue weighted by molar-refractivity contribution is 6.68. The molecular formula is C18H19Cl3N2O2. The van der Waals surface area contributed by atoms with Crippen molar-refractivity contribution in [3.8, 4) is 5.75 Å². The number of aryl methyl sites for hydroxylation is 1. The third-order valence-electron chi connectivity index (χ3n) is 3.39. The maximum Gasteiger partial charge on any atom is 0.252 e. The van der Waals surface area contributed by atoms with E-state index >= 15 is 0 Å². The van der Waals surface area contributed by atoms with Gasteiger partial charge in [-0.2, -0.15) is 0 Å². The minimum absolute atomic E-state index is 0.338. The number of carbonyl (C=O) groups excluding carboxylic acids is 1. The molecule has 0 aliphatic heterocycles. The molecule has 1 atom stereocenters. The van der Waals surface area contributed by atoms with Gasteiger partial charge in [0.2, 0.25) is 3.79 Å². The molecular weight excluding hydrogens is 383 g/mol. The van der Waals surface area contributed by atoms with E-state index in [4.69, 9.17) is 39.5 Å². The number of anilines is 1. The zero-order chi connectivity index (χ0) is 18.4. The molecule has 0 unspecified atom stereocenters. The molecule has 0 saturated heterocycles. The van der Waals surface area contributed by atoms with Gasteiger partial charge in [0.05, 0.1) is 6.61 Å². The molecule has 2 rings (SSSR count). The first kappa shape index (κ1) is 19.7. The number of ether oxygens (including phenoxy) is 1. The van der Waals surface area contributed by atoms with Crippen molar-refractivity contribution < 1.29 is 9.53 Å². The van der Waals surface area contributed by atoms with Crippen molar-refractivity contribution in [2.45, 2.75) is 23.8 Å². The van der Waals surface area contributed by atoms with Gasteiger partial charge in [-0.3, -0.25) is 4.79 Å². The highest BCUT2D eigenvalue weighted by Gasteiger charge is 2.34. The van der Waals surface area contributed by atoms with Gasteiger partial charge in [0.25, 0.3) is 5.91 Å². The van der Waals surface area contributed by atoms with E-state index < -0.39 is 9.96 Å². The van der Waals surface area contributed by atoms with Crippen molar-refractivity contribution >= 4 is 46.4 Å². The molecule has 0 spiro atoms. The maximum atomic E-state index is 12.4. The van der Waals surface area contributed by atoms with Crippen molar-refractivity contribution in [3.63, 3.8) is 0 Å². The summed E-state index contributed by atoms with van der Waals surface area (Å²) in [6, 6.07) is 14.3. The van der Waals surface area contributed by atoms with Crippen LogP contribution in [0.25, 0.3) is 0 Å². The molecule has 0 bridgehead atoms. The summed E-state index contributed by atoms with van der Waals surface area (Å²) in [6.07, 6.45) is -0.913. The van der Waals surface area contributed by atoms with Gasteiger partial charge in [-0.05, 0) is 50.2 Å². The van der Waals surface area contributed by atoms with Gasteiger partial charge < -0.3 is 15.4 Å². The molecule has 0 aliphatic carbocycles. The first-order valence-corrected chi connectivity index (χ1v) is 8.86. The highest BCUT2D eigenvalue weighted by Crippen LogP contribution is 2.31. The first-order valence-electron chi connectivity index (χ1n) is 7.73. The SMILES string of the molecule is CCOc1ccc(N[C@@H](NC(=O)c2ccc(C)cc2)C(Cl)(Cl)Cl)cc1. The first-order chi connectivity index (χ1) is 11.8. The number of nitrogens with one attached hydrogen (secondary N) is 2. The second-order valence-corrected chi connectivity index (χ2v) is 7.78. The molecule has 0 heterocycles. The van der Waals surface area contributed by atoms with Gasteiger partial charge in [0.15, 0.2) is 0 Å². The lowest BCUT2D eigenvalue weighted by Gasteiger charge is -2.27. The summed E-state index contributed by atoms with van der Waals surface area (Å²) >= 11 is 18.0. The number of carbonyl (C=O) groups is 1. The van der Waals surface area contributed by atoms with E-state index in [1.54, 1.807) is 36.4 Å². The fraction of sp³-hybridized carbons (Fsp3) is 0.278.